The first kappa shape index (κ1) is 17.0. The van der Waals surface area contributed by atoms with Crippen LogP contribution in [-0.2, 0) is 11.3 Å². The highest BCUT2D eigenvalue weighted by molar-refractivity contribution is 6.46. The standard InChI is InChI=1S/C20H17ClN2O2/c1-14-7-9-15(10-8-14)13-23-11-3-6-18(23)19(24)20(25)22-17-5-2-4-16(21)12-17/h2-12H,13H2,1H3,(H,22,25). The number of benzene rings is 2. The summed E-state index contributed by atoms with van der Waals surface area (Å²) in [6.45, 7) is 2.55. The lowest BCUT2D eigenvalue weighted by Gasteiger charge is -2.09. The fourth-order valence-corrected chi connectivity index (χ4v) is 2.71. The molecule has 126 valence electrons. The number of ketones is 1. The molecule has 5 heteroatoms. The quantitative estimate of drug-likeness (QED) is 0.549. The number of aryl methyl sites for hydroxylation is 1. The third kappa shape index (κ3) is 4.17. The van der Waals surface area contributed by atoms with Gasteiger partial charge in [-0.15, -0.1) is 0 Å². The number of halogens is 1. The van der Waals surface area contributed by atoms with E-state index in [4.69, 9.17) is 11.6 Å². The Bertz CT molecular complexity index is 913. The van der Waals surface area contributed by atoms with Crippen LogP contribution in [0.2, 0.25) is 5.02 Å². The Balaban J connectivity index is 1.75. The summed E-state index contributed by atoms with van der Waals surface area (Å²) in [6.07, 6.45) is 1.79. The summed E-state index contributed by atoms with van der Waals surface area (Å²) < 4.78 is 1.77. The van der Waals surface area contributed by atoms with Gasteiger partial charge in [0.2, 0.25) is 0 Å². The van der Waals surface area contributed by atoms with Crippen molar-refractivity contribution in [3.8, 4) is 0 Å². The molecule has 0 radical (unpaired) electrons. The van der Waals surface area contributed by atoms with Crippen LogP contribution < -0.4 is 5.32 Å². The van der Waals surface area contributed by atoms with Crippen LogP contribution in [0.1, 0.15) is 21.6 Å². The highest BCUT2D eigenvalue weighted by atomic mass is 35.5. The summed E-state index contributed by atoms with van der Waals surface area (Å²) in [5.41, 5.74) is 3.07. The second-order valence-electron chi connectivity index (χ2n) is 5.80. The molecular weight excluding hydrogens is 336 g/mol. The van der Waals surface area contributed by atoms with Crippen LogP contribution in [0.25, 0.3) is 0 Å². The molecule has 0 unspecified atom stereocenters. The van der Waals surface area contributed by atoms with Crippen molar-refractivity contribution in [1.29, 1.82) is 0 Å². The predicted octanol–water partition coefficient (Wildman–Crippen LogP) is 4.32. The summed E-state index contributed by atoms with van der Waals surface area (Å²) in [5, 5.41) is 3.08. The average Bonchev–Trinajstić information content (AvgIpc) is 3.04. The van der Waals surface area contributed by atoms with Crippen molar-refractivity contribution in [3.63, 3.8) is 0 Å². The van der Waals surface area contributed by atoms with E-state index < -0.39 is 11.7 Å². The first-order chi connectivity index (χ1) is 12.0. The number of carbonyl (C=O) groups is 2. The Morgan fingerprint density at radius 1 is 1.04 bits per heavy atom. The Hall–Kier alpha value is -2.85. The molecule has 0 aliphatic carbocycles. The van der Waals surface area contributed by atoms with E-state index in [2.05, 4.69) is 5.32 Å². The summed E-state index contributed by atoms with van der Waals surface area (Å²) >= 11 is 5.89. The first-order valence-electron chi connectivity index (χ1n) is 7.85. The molecule has 0 aliphatic rings. The molecule has 1 N–H and O–H groups in total. The van der Waals surface area contributed by atoms with E-state index in [1.165, 1.54) is 5.56 Å². The monoisotopic (exact) mass is 352 g/mol. The van der Waals surface area contributed by atoms with Crippen molar-refractivity contribution >= 4 is 29.0 Å². The van der Waals surface area contributed by atoms with E-state index in [0.717, 1.165) is 5.56 Å². The van der Waals surface area contributed by atoms with Crippen molar-refractivity contribution in [2.45, 2.75) is 13.5 Å². The molecule has 0 fully saturated rings. The lowest BCUT2D eigenvalue weighted by Crippen LogP contribution is -2.25. The van der Waals surface area contributed by atoms with Gasteiger partial charge in [-0.1, -0.05) is 47.5 Å². The maximum atomic E-state index is 12.5. The molecule has 3 rings (SSSR count). The molecular formula is C20H17ClN2O2. The number of carbonyl (C=O) groups excluding carboxylic acids is 2. The maximum absolute atomic E-state index is 12.5. The molecule has 4 nitrogen and oxygen atoms in total. The van der Waals surface area contributed by atoms with Gasteiger partial charge in [-0.25, -0.2) is 0 Å². The number of amides is 1. The van der Waals surface area contributed by atoms with E-state index in [1.807, 2.05) is 31.2 Å². The zero-order valence-electron chi connectivity index (χ0n) is 13.7. The van der Waals surface area contributed by atoms with Crippen molar-refractivity contribution < 1.29 is 9.59 Å². The molecule has 3 aromatic rings. The summed E-state index contributed by atoms with van der Waals surface area (Å²) in [4.78, 5) is 24.7. The molecule has 0 spiro atoms. The number of nitrogens with one attached hydrogen (secondary N) is 1. The molecule has 0 atom stereocenters. The van der Waals surface area contributed by atoms with Crippen molar-refractivity contribution in [2.24, 2.45) is 0 Å². The zero-order chi connectivity index (χ0) is 17.8. The molecule has 0 saturated heterocycles. The smallest absolute Gasteiger partial charge is 0.298 e. The van der Waals surface area contributed by atoms with Crippen LogP contribution >= 0.6 is 11.6 Å². The second-order valence-corrected chi connectivity index (χ2v) is 6.24. The Morgan fingerprint density at radius 3 is 2.52 bits per heavy atom. The molecule has 1 heterocycles. The third-order valence-corrected chi connectivity index (χ3v) is 4.06. The summed E-state index contributed by atoms with van der Waals surface area (Å²) in [6, 6.07) is 18.2. The topological polar surface area (TPSA) is 51.1 Å². The van der Waals surface area contributed by atoms with Crippen LogP contribution in [-0.4, -0.2) is 16.3 Å². The molecule has 0 saturated carbocycles. The van der Waals surface area contributed by atoms with Gasteiger partial charge in [0.1, 0.15) is 0 Å². The molecule has 0 bridgehead atoms. The van der Waals surface area contributed by atoms with Crippen LogP contribution in [0.4, 0.5) is 5.69 Å². The van der Waals surface area contributed by atoms with Crippen molar-refractivity contribution in [3.05, 3.63) is 88.7 Å². The number of aromatic nitrogens is 1. The van der Waals surface area contributed by atoms with Gasteiger partial charge in [0.25, 0.3) is 11.7 Å². The molecule has 0 aliphatic heterocycles. The number of hydrogen-bond acceptors (Lipinski definition) is 2. The van der Waals surface area contributed by atoms with E-state index in [1.54, 1.807) is 47.2 Å². The summed E-state index contributed by atoms with van der Waals surface area (Å²) in [5.74, 6) is -1.27. The van der Waals surface area contributed by atoms with Gasteiger partial charge in [0.05, 0.1) is 5.69 Å². The Morgan fingerprint density at radius 2 is 1.80 bits per heavy atom. The molecule has 2 aromatic carbocycles. The van der Waals surface area contributed by atoms with Crippen LogP contribution in [0.5, 0.6) is 0 Å². The Labute approximate surface area is 151 Å². The first-order valence-corrected chi connectivity index (χ1v) is 8.22. The number of Topliss-reactive ketones (excluding diaryl/α,β-unsaturated/α-hetero) is 1. The fraction of sp³-hybridized carbons (Fsp3) is 0.100. The molecule has 25 heavy (non-hydrogen) atoms. The second kappa shape index (κ2) is 7.36. The third-order valence-electron chi connectivity index (χ3n) is 3.82. The lowest BCUT2D eigenvalue weighted by atomic mass is 10.1. The Kier molecular flexibility index (Phi) is 5.00. The highest BCUT2D eigenvalue weighted by Crippen LogP contribution is 2.16. The maximum Gasteiger partial charge on any atom is 0.298 e. The summed E-state index contributed by atoms with van der Waals surface area (Å²) in [7, 11) is 0. The number of hydrogen-bond donors (Lipinski definition) is 1. The van der Waals surface area contributed by atoms with Gasteiger partial charge in [0, 0.05) is 23.5 Å². The largest absolute Gasteiger partial charge is 0.340 e. The molecule has 1 amide bonds. The van der Waals surface area contributed by atoms with Crippen molar-refractivity contribution in [1.82, 2.24) is 4.57 Å². The van der Waals surface area contributed by atoms with E-state index in [9.17, 15) is 9.59 Å². The van der Waals surface area contributed by atoms with Gasteiger partial charge in [-0.2, -0.15) is 0 Å². The van der Waals surface area contributed by atoms with Crippen molar-refractivity contribution in [2.75, 3.05) is 5.32 Å². The van der Waals surface area contributed by atoms with Gasteiger partial charge >= 0.3 is 0 Å². The van der Waals surface area contributed by atoms with Crippen LogP contribution in [0, 0.1) is 6.92 Å². The van der Waals surface area contributed by atoms with Gasteiger partial charge < -0.3 is 9.88 Å². The predicted molar refractivity (Wildman–Crippen MR) is 99.1 cm³/mol. The SMILES string of the molecule is Cc1ccc(Cn2cccc2C(=O)C(=O)Nc2cccc(Cl)c2)cc1. The number of nitrogens with zero attached hydrogens (tertiary/aromatic N) is 1. The minimum Gasteiger partial charge on any atom is -0.340 e. The average molecular weight is 353 g/mol. The van der Waals surface area contributed by atoms with Crippen LogP contribution in [0.15, 0.2) is 66.9 Å². The van der Waals surface area contributed by atoms with E-state index >= 15 is 0 Å². The van der Waals surface area contributed by atoms with Crippen LogP contribution in [0.3, 0.4) is 0 Å². The normalized spacial score (nSPS) is 10.5. The van der Waals surface area contributed by atoms with Gasteiger partial charge in [0.15, 0.2) is 0 Å². The van der Waals surface area contributed by atoms with E-state index in [-0.39, 0.29) is 0 Å². The van der Waals surface area contributed by atoms with E-state index in [0.29, 0.717) is 22.9 Å². The van der Waals surface area contributed by atoms with Gasteiger partial charge in [-0.3, -0.25) is 9.59 Å². The minimum absolute atomic E-state index is 0.347. The number of anilines is 1. The minimum atomic E-state index is -0.689. The number of rotatable bonds is 5. The fourth-order valence-electron chi connectivity index (χ4n) is 2.52. The molecule has 1 aromatic heterocycles. The zero-order valence-corrected chi connectivity index (χ0v) is 14.5. The van der Waals surface area contributed by atoms with Gasteiger partial charge in [-0.05, 0) is 42.8 Å². The lowest BCUT2D eigenvalue weighted by molar-refractivity contribution is -0.112. The highest BCUT2D eigenvalue weighted by Gasteiger charge is 2.20.